The van der Waals surface area contributed by atoms with Crippen molar-refractivity contribution in [1.82, 2.24) is 14.5 Å². The van der Waals surface area contributed by atoms with Crippen molar-refractivity contribution in [2.24, 2.45) is 7.05 Å². The highest BCUT2D eigenvalue weighted by molar-refractivity contribution is 6.66. The van der Waals surface area contributed by atoms with Gasteiger partial charge in [0, 0.05) is 19.8 Å². The Hall–Kier alpha value is -2.45. The molecule has 8 heteroatoms. The van der Waals surface area contributed by atoms with Crippen LogP contribution < -0.4 is 5.46 Å². The number of benzene rings is 1. The van der Waals surface area contributed by atoms with Crippen LogP contribution in [0.1, 0.15) is 50.2 Å². The van der Waals surface area contributed by atoms with E-state index in [4.69, 9.17) is 4.65 Å². The summed E-state index contributed by atoms with van der Waals surface area (Å²) in [5.41, 5.74) is -0.403. The summed E-state index contributed by atoms with van der Waals surface area (Å²) < 4.78 is 22.4. The molecule has 0 saturated carbocycles. The molecular formula is C23H31BFN3O3. The second kappa shape index (κ2) is 8.59. The molecule has 0 saturated heterocycles. The first kappa shape index (κ1) is 23.2. The summed E-state index contributed by atoms with van der Waals surface area (Å²) in [5, 5.41) is 10.4. The molecule has 6 nitrogen and oxygen atoms in total. The van der Waals surface area contributed by atoms with Gasteiger partial charge in [-0.1, -0.05) is 31.1 Å². The number of rotatable bonds is 8. The van der Waals surface area contributed by atoms with Crippen molar-refractivity contribution in [3.8, 4) is 0 Å². The third-order valence-electron chi connectivity index (χ3n) is 6.12. The minimum atomic E-state index is -1.10. The molecule has 1 amide bonds. The van der Waals surface area contributed by atoms with Gasteiger partial charge in [-0.15, -0.1) is 0 Å². The van der Waals surface area contributed by atoms with E-state index >= 15 is 0 Å². The van der Waals surface area contributed by atoms with Crippen LogP contribution in [0.4, 0.5) is 4.39 Å². The molecule has 1 aliphatic carbocycles. The number of amides is 1. The monoisotopic (exact) mass is 427 g/mol. The quantitative estimate of drug-likeness (QED) is 0.520. The van der Waals surface area contributed by atoms with Crippen LogP contribution >= 0.6 is 0 Å². The Bertz CT molecular complexity index is 981. The second-order valence-electron chi connectivity index (χ2n) is 9.27. The predicted molar refractivity (Wildman–Crippen MR) is 120 cm³/mol. The van der Waals surface area contributed by atoms with Crippen molar-refractivity contribution >= 4 is 18.3 Å². The molecule has 1 N–H and O–H groups in total. The van der Waals surface area contributed by atoms with Gasteiger partial charge in [0.15, 0.2) is 0 Å². The average molecular weight is 427 g/mol. The SMILES string of the molecule is CB(OC(C)(C)C(C)(C)O)c1cc(CN(C(=O)c2cn(C)cn2)C2C=CC2)ccc1F. The van der Waals surface area contributed by atoms with Crippen molar-refractivity contribution in [2.75, 3.05) is 0 Å². The minimum Gasteiger partial charge on any atom is -0.423 e. The van der Waals surface area contributed by atoms with Crippen LogP contribution in [0, 0.1) is 5.82 Å². The van der Waals surface area contributed by atoms with Gasteiger partial charge in [0.1, 0.15) is 11.5 Å². The highest BCUT2D eigenvalue weighted by Gasteiger charge is 2.38. The Balaban J connectivity index is 1.84. The topological polar surface area (TPSA) is 67.6 Å². The number of aryl methyl sites for hydroxylation is 1. The summed E-state index contributed by atoms with van der Waals surface area (Å²) in [6, 6.07) is 4.82. The fourth-order valence-electron chi connectivity index (χ4n) is 3.35. The van der Waals surface area contributed by atoms with Crippen LogP contribution in [0.3, 0.4) is 0 Å². The number of carbonyl (C=O) groups is 1. The minimum absolute atomic E-state index is 0.00851. The molecule has 0 spiro atoms. The van der Waals surface area contributed by atoms with Gasteiger partial charge in [-0.2, -0.15) is 0 Å². The van der Waals surface area contributed by atoms with Crippen LogP contribution in [0.2, 0.25) is 6.82 Å². The van der Waals surface area contributed by atoms with E-state index in [1.807, 2.05) is 19.2 Å². The number of nitrogens with zero attached hydrogens (tertiary/aromatic N) is 3. The predicted octanol–water partition coefficient (Wildman–Crippen LogP) is 2.92. The van der Waals surface area contributed by atoms with Crippen LogP contribution in [0.5, 0.6) is 0 Å². The van der Waals surface area contributed by atoms with Crippen LogP contribution in [0.15, 0.2) is 42.9 Å². The molecule has 1 atom stereocenters. The van der Waals surface area contributed by atoms with Gasteiger partial charge in [0.05, 0.1) is 23.6 Å². The third kappa shape index (κ3) is 5.07. The number of halogens is 1. The maximum absolute atomic E-state index is 14.6. The Labute approximate surface area is 183 Å². The Morgan fingerprint density at radius 2 is 2.06 bits per heavy atom. The van der Waals surface area contributed by atoms with E-state index in [1.165, 1.54) is 6.07 Å². The molecule has 3 rings (SSSR count). The molecule has 0 aliphatic heterocycles. The third-order valence-corrected chi connectivity index (χ3v) is 6.12. The lowest BCUT2D eigenvalue weighted by Crippen LogP contribution is -2.52. The Kier molecular flexibility index (Phi) is 6.44. The summed E-state index contributed by atoms with van der Waals surface area (Å²) in [6.07, 6.45) is 8.09. The summed E-state index contributed by atoms with van der Waals surface area (Å²) in [4.78, 5) is 19.0. The summed E-state index contributed by atoms with van der Waals surface area (Å²) in [5.74, 6) is -0.540. The number of aliphatic hydroxyl groups is 1. The van der Waals surface area contributed by atoms with E-state index in [9.17, 15) is 14.3 Å². The van der Waals surface area contributed by atoms with Gasteiger partial charge in [0.25, 0.3) is 5.91 Å². The molecular weight excluding hydrogens is 396 g/mol. The largest absolute Gasteiger partial charge is 0.423 e. The van der Waals surface area contributed by atoms with Gasteiger partial charge in [-0.25, -0.2) is 9.37 Å². The zero-order chi connectivity index (χ0) is 23.0. The van der Waals surface area contributed by atoms with Crippen LogP contribution in [-0.4, -0.2) is 49.6 Å². The fraction of sp³-hybridized carbons (Fsp3) is 0.478. The Morgan fingerprint density at radius 1 is 1.39 bits per heavy atom. The standard InChI is InChI=1S/C23H31BFN3O3/c1-22(2,30)23(3,4)31-24(5)18-12-16(10-11-19(18)25)13-28(17-8-7-9-17)21(29)20-14-27(6)15-26-20/h7-8,10-12,14-15,17,30H,9,13H2,1-6H3. The van der Waals surface area contributed by atoms with Crippen LogP contribution in [-0.2, 0) is 18.2 Å². The maximum Gasteiger partial charge on any atom is 0.327 e. The molecule has 1 unspecified atom stereocenters. The van der Waals surface area contributed by atoms with Gasteiger partial charge in [0.2, 0.25) is 0 Å². The number of aromatic nitrogens is 2. The highest BCUT2D eigenvalue weighted by Crippen LogP contribution is 2.26. The lowest BCUT2D eigenvalue weighted by Gasteiger charge is -2.39. The van der Waals surface area contributed by atoms with E-state index in [-0.39, 0.29) is 17.8 Å². The van der Waals surface area contributed by atoms with Crippen LogP contribution in [0.25, 0.3) is 0 Å². The molecule has 1 aliphatic rings. The molecule has 0 fully saturated rings. The number of imidazole rings is 1. The summed E-state index contributed by atoms with van der Waals surface area (Å²) >= 11 is 0. The molecule has 31 heavy (non-hydrogen) atoms. The maximum atomic E-state index is 14.6. The molecule has 1 aromatic carbocycles. The van der Waals surface area contributed by atoms with Crippen molar-refractivity contribution in [1.29, 1.82) is 0 Å². The molecule has 166 valence electrons. The number of hydrogen-bond donors (Lipinski definition) is 1. The average Bonchev–Trinajstić information content (AvgIpc) is 3.05. The zero-order valence-electron chi connectivity index (χ0n) is 19.1. The lowest BCUT2D eigenvalue weighted by atomic mass is 9.62. The smallest absolute Gasteiger partial charge is 0.327 e. The van der Waals surface area contributed by atoms with Crippen molar-refractivity contribution in [3.05, 3.63) is 59.9 Å². The highest BCUT2D eigenvalue weighted by atomic mass is 19.1. The van der Waals surface area contributed by atoms with Gasteiger partial charge < -0.3 is 19.2 Å². The lowest BCUT2D eigenvalue weighted by molar-refractivity contribution is -0.0918. The number of carbonyl (C=O) groups excluding carboxylic acids is 1. The fourth-order valence-corrected chi connectivity index (χ4v) is 3.35. The second-order valence-corrected chi connectivity index (χ2v) is 9.27. The van der Waals surface area contributed by atoms with Crippen molar-refractivity contribution < 1.29 is 18.9 Å². The first-order valence-electron chi connectivity index (χ1n) is 10.5. The summed E-state index contributed by atoms with van der Waals surface area (Å²) in [6.45, 7) is 8.41. The summed E-state index contributed by atoms with van der Waals surface area (Å²) in [7, 11) is 1.82. The van der Waals surface area contributed by atoms with E-state index in [0.29, 0.717) is 17.7 Å². The van der Waals surface area contributed by atoms with E-state index in [2.05, 4.69) is 4.98 Å². The van der Waals surface area contributed by atoms with E-state index < -0.39 is 18.1 Å². The zero-order valence-corrected chi connectivity index (χ0v) is 19.1. The van der Waals surface area contributed by atoms with E-state index in [0.717, 1.165) is 12.0 Å². The molecule has 1 aromatic heterocycles. The molecule has 1 heterocycles. The molecule has 0 bridgehead atoms. The molecule has 2 aromatic rings. The van der Waals surface area contributed by atoms with Gasteiger partial charge in [-0.3, -0.25) is 4.79 Å². The first-order valence-corrected chi connectivity index (χ1v) is 10.5. The van der Waals surface area contributed by atoms with Crippen molar-refractivity contribution in [3.63, 3.8) is 0 Å². The van der Waals surface area contributed by atoms with Gasteiger partial charge in [-0.05, 0) is 51.2 Å². The number of hydrogen-bond acceptors (Lipinski definition) is 4. The van der Waals surface area contributed by atoms with Gasteiger partial charge >= 0.3 is 6.92 Å². The Morgan fingerprint density at radius 3 is 2.58 bits per heavy atom. The normalized spacial score (nSPS) is 16.2. The molecule has 0 radical (unpaired) electrons. The first-order chi connectivity index (χ1) is 14.4. The van der Waals surface area contributed by atoms with Crippen molar-refractivity contribution in [2.45, 2.75) is 64.7 Å². The van der Waals surface area contributed by atoms with E-state index in [1.54, 1.807) is 68.6 Å².